The zero-order valence-electron chi connectivity index (χ0n) is 14.0. The number of hydrogen-bond donors (Lipinski definition) is 2. The molecule has 0 aliphatic rings. The van der Waals surface area contributed by atoms with Gasteiger partial charge in [0, 0.05) is 11.1 Å². The van der Waals surface area contributed by atoms with E-state index in [2.05, 4.69) is 5.32 Å². The molecule has 0 bridgehead atoms. The van der Waals surface area contributed by atoms with Crippen LogP contribution in [0.25, 0.3) is 0 Å². The van der Waals surface area contributed by atoms with Gasteiger partial charge in [0.25, 0.3) is 11.6 Å². The van der Waals surface area contributed by atoms with Gasteiger partial charge >= 0.3 is 0 Å². The molecule has 1 aromatic heterocycles. The van der Waals surface area contributed by atoms with E-state index < -0.39 is 10.8 Å². The smallest absolute Gasteiger partial charge is 0.291 e. The molecule has 1 heterocycles. The van der Waals surface area contributed by atoms with Crippen LogP contribution in [0.3, 0.4) is 0 Å². The predicted octanol–water partition coefficient (Wildman–Crippen LogP) is 5.03. The number of rotatable bonds is 6. The number of non-ortho nitro benzene ring substituents is 1. The Kier molecular flexibility index (Phi) is 5.72. The van der Waals surface area contributed by atoms with E-state index in [9.17, 15) is 20.0 Å². The summed E-state index contributed by atoms with van der Waals surface area (Å²) in [6.07, 6.45) is 0. The number of amides is 1. The van der Waals surface area contributed by atoms with Gasteiger partial charge in [-0.1, -0.05) is 23.2 Å². The monoisotopic (exact) mass is 422 g/mol. The minimum absolute atomic E-state index is 0.0249. The molecule has 0 aliphatic carbocycles. The van der Waals surface area contributed by atoms with Crippen molar-refractivity contribution in [3.63, 3.8) is 0 Å². The first-order valence-corrected chi connectivity index (χ1v) is 8.54. The number of nitrogens with zero attached hydrogens (tertiary/aromatic N) is 1. The molecule has 10 heteroatoms. The lowest BCUT2D eigenvalue weighted by atomic mass is 10.3. The zero-order chi connectivity index (χ0) is 20.3. The average Bonchev–Trinajstić information content (AvgIpc) is 3.13. The summed E-state index contributed by atoms with van der Waals surface area (Å²) in [5, 5.41) is 23.6. The third kappa shape index (κ3) is 4.54. The van der Waals surface area contributed by atoms with Gasteiger partial charge in [-0.15, -0.1) is 0 Å². The number of furan rings is 1. The van der Waals surface area contributed by atoms with Gasteiger partial charge in [-0.3, -0.25) is 14.9 Å². The maximum Gasteiger partial charge on any atom is 0.291 e. The second-order valence-corrected chi connectivity index (χ2v) is 6.39. The maximum atomic E-state index is 12.2. The van der Waals surface area contributed by atoms with Crippen LogP contribution in [-0.4, -0.2) is 15.9 Å². The number of anilines is 1. The molecule has 2 aromatic carbocycles. The van der Waals surface area contributed by atoms with Crippen LogP contribution in [-0.2, 0) is 6.61 Å². The highest BCUT2D eigenvalue weighted by Gasteiger charge is 2.15. The Labute approximate surface area is 168 Å². The van der Waals surface area contributed by atoms with Crippen molar-refractivity contribution in [1.29, 1.82) is 0 Å². The fourth-order valence-electron chi connectivity index (χ4n) is 2.23. The number of nitrogens with one attached hydrogen (secondary N) is 1. The number of nitro benzene ring substituents is 1. The van der Waals surface area contributed by atoms with Crippen molar-refractivity contribution in [2.45, 2.75) is 6.61 Å². The van der Waals surface area contributed by atoms with Crippen molar-refractivity contribution < 1.29 is 24.0 Å². The molecule has 144 valence electrons. The Morgan fingerprint density at radius 2 is 1.96 bits per heavy atom. The van der Waals surface area contributed by atoms with Crippen molar-refractivity contribution in [1.82, 2.24) is 0 Å². The average molecular weight is 423 g/mol. The Morgan fingerprint density at radius 1 is 1.18 bits per heavy atom. The molecule has 0 spiro atoms. The lowest BCUT2D eigenvalue weighted by molar-refractivity contribution is -0.384. The van der Waals surface area contributed by atoms with Crippen molar-refractivity contribution >= 4 is 40.5 Å². The first kappa shape index (κ1) is 19.5. The van der Waals surface area contributed by atoms with Crippen molar-refractivity contribution in [3.05, 3.63) is 80.2 Å². The zero-order valence-corrected chi connectivity index (χ0v) is 15.5. The van der Waals surface area contributed by atoms with E-state index in [1.807, 2.05) is 0 Å². The van der Waals surface area contributed by atoms with Gasteiger partial charge in [0.15, 0.2) is 5.76 Å². The molecule has 0 radical (unpaired) electrons. The molecular formula is C18H12Cl2N2O6. The van der Waals surface area contributed by atoms with Crippen LogP contribution < -0.4 is 10.1 Å². The molecule has 0 aliphatic heterocycles. The summed E-state index contributed by atoms with van der Waals surface area (Å²) in [5.41, 5.74) is -0.0321. The molecular weight excluding hydrogens is 411 g/mol. The Morgan fingerprint density at radius 3 is 2.71 bits per heavy atom. The highest BCUT2D eigenvalue weighted by molar-refractivity contribution is 6.32. The lowest BCUT2D eigenvalue weighted by Crippen LogP contribution is -2.11. The molecule has 3 aromatic rings. The van der Waals surface area contributed by atoms with Crippen LogP contribution in [0.4, 0.5) is 11.4 Å². The second-order valence-electron chi connectivity index (χ2n) is 5.54. The fraction of sp³-hybridized carbons (Fsp3) is 0.0556. The van der Waals surface area contributed by atoms with Crippen LogP contribution in [0.2, 0.25) is 10.0 Å². The normalized spacial score (nSPS) is 10.5. The van der Waals surface area contributed by atoms with Crippen LogP contribution >= 0.6 is 23.2 Å². The standard InChI is InChI=1S/C18H12Cl2N2O6/c19-10-1-5-15(23)14(7-10)21-18(24)16-6-3-12(28-16)9-27-17-8-11(22(25)26)2-4-13(17)20/h1-8,23H,9H2,(H,21,24). The minimum atomic E-state index is -0.600. The summed E-state index contributed by atoms with van der Waals surface area (Å²) in [6.45, 7) is -0.101. The summed E-state index contributed by atoms with van der Waals surface area (Å²) in [7, 11) is 0. The lowest BCUT2D eigenvalue weighted by Gasteiger charge is -2.07. The highest BCUT2D eigenvalue weighted by Crippen LogP contribution is 2.30. The fourth-order valence-corrected chi connectivity index (χ4v) is 2.58. The summed E-state index contributed by atoms with van der Waals surface area (Å²) < 4.78 is 10.8. The molecule has 0 saturated carbocycles. The van der Waals surface area contributed by atoms with Crippen LogP contribution in [0.5, 0.6) is 11.5 Å². The molecule has 0 fully saturated rings. The number of carbonyl (C=O) groups is 1. The van der Waals surface area contributed by atoms with Gasteiger partial charge in [-0.25, -0.2) is 0 Å². The molecule has 0 unspecified atom stereocenters. The third-order valence-corrected chi connectivity index (χ3v) is 4.14. The molecule has 3 rings (SSSR count). The maximum absolute atomic E-state index is 12.2. The Balaban J connectivity index is 1.67. The first-order chi connectivity index (χ1) is 13.3. The first-order valence-electron chi connectivity index (χ1n) is 7.79. The van der Waals surface area contributed by atoms with Crippen LogP contribution in [0.15, 0.2) is 52.9 Å². The van der Waals surface area contributed by atoms with E-state index in [0.29, 0.717) is 10.8 Å². The summed E-state index contributed by atoms with van der Waals surface area (Å²) >= 11 is 11.8. The molecule has 28 heavy (non-hydrogen) atoms. The van der Waals surface area contributed by atoms with Gasteiger partial charge in [0.1, 0.15) is 23.9 Å². The van der Waals surface area contributed by atoms with E-state index in [1.54, 1.807) is 0 Å². The highest BCUT2D eigenvalue weighted by atomic mass is 35.5. The minimum Gasteiger partial charge on any atom is -0.506 e. The van der Waals surface area contributed by atoms with Gasteiger partial charge in [-0.2, -0.15) is 0 Å². The number of halogens is 2. The largest absolute Gasteiger partial charge is 0.506 e. The van der Waals surface area contributed by atoms with Crippen molar-refractivity contribution in [2.75, 3.05) is 5.32 Å². The molecule has 8 nitrogen and oxygen atoms in total. The van der Waals surface area contributed by atoms with E-state index in [1.165, 1.54) is 48.5 Å². The molecule has 1 amide bonds. The molecule has 2 N–H and O–H groups in total. The SMILES string of the molecule is O=C(Nc1cc(Cl)ccc1O)c1ccc(COc2cc([N+](=O)[O-])ccc2Cl)o1. The summed E-state index contributed by atoms with van der Waals surface area (Å²) in [6, 6.07) is 11.0. The number of carbonyl (C=O) groups excluding carboxylic acids is 1. The number of nitro groups is 1. The number of benzene rings is 2. The number of ether oxygens (including phenoxy) is 1. The number of hydrogen-bond acceptors (Lipinski definition) is 6. The van der Waals surface area contributed by atoms with Gasteiger partial charge in [-0.05, 0) is 36.4 Å². The van der Waals surface area contributed by atoms with Crippen LogP contribution in [0.1, 0.15) is 16.3 Å². The molecule has 0 atom stereocenters. The second kappa shape index (κ2) is 8.20. The summed E-state index contributed by atoms with van der Waals surface area (Å²) in [4.78, 5) is 22.5. The van der Waals surface area contributed by atoms with Gasteiger partial charge < -0.3 is 19.6 Å². The summed E-state index contributed by atoms with van der Waals surface area (Å²) in [5.74, 6) is -0.362. The number of phenolic OH excluding ortho intramolecular Hbond substituents is 1. The van der Waals surface area contributed by atoms with E-state index >= 15 is 0 Å². The van der Waals surface area contributed by atoms with E-state index in [4.69, 9.17) is 32.4 Å². The van der Waals surface area contributed by atoms with E-state index in [0.717, 1.165) is 0 Å². The number of phenols is 1. The van der Waals surface area contributed by atoms with Crippen LogP contribution in [0, 0.1) is 10.1 Å². The Hall–Kier alpha value is -3.23. The number of aromatic hydroxyl groups is 1. The quantitative estimate of drug-likeness (QED) is 0.326. The van der Waals surface area contributed by atoms with Crippen molar-refractivity contribution in [2.24, 2.45) is 0 Å². The topological polar surface area (TPSA) is 115 Å². The van der Waals surface area contributed by atoms with Gasteiger partial charge in [0.05, 0.1) is 21.7 Å². The third-order valence-electron chi connectivity index (χ3n) is 3.59. The van der Waals surface area contributed by atoms with Crippen molar-refractivity contribution in [3.8, 4) is 11.5 Å². The molecule has 0 saturated heterocycles. The van der Waals surface area contributed by atoms with E-state index in [-0.39, 0.29) is 40.3 Å². The predicted molar refractivity (Wildman–Crippen MR) is 102 cm³/mol. The van der Waals surface area contributed by atoms with Gasteiger partial charge in [0.2, 0.25) is 0 Å². The Bertz CT molecular complexity index is 1050.